The standard InChI is InChI=1S/C6H10N4O9/c1-5(7(11)12,8(13)14)3-19-4-6(2,9(15)16)10(17)18/h3-4H2,1-2H3. The highest BCUT2D eigenvalue weighted by atomic mass is 16.7. The second-order valence-electron chi connectivity index (χ2n) is 3.96. The van der Waals surface area contributed by atoms with E-state index in [1.165, 1.54) is 0 Å². The quantitative estimate of drug-likeness (QED) is 0.323. The van der Waals surface area contributed by atoms with Gasteiger partial charge in [-0.15, -0.1) is 0 Å². The first-order valence-corrected chi connectivity index (χ1v) is 4.64. The van der Waals surface area contributed by atoms with Crippen molar-refractivity contribution < 1.29 is 24.4 Å². The van der Waals surface area contributed by atoms with Gasteiger partial charge < -0.3 is 4.74 Å². The normalized spacial score (nSPS) is 11.9. The maximum absolute atomic E-state index is 10.5. The second-order valence-corrected chi connectivity index (χ2v) is 3.96. The van der Waals surface area contributed by atoms with E-state index in [0.29, 0.717) is 13.8 Å². The number of hydrogen-bond donors (Lipinski definition) is 0. The van der Waals surface area contributed by atoms with Gasteiger partial charge in [-0.05, 0) is 0 Å². The van der Waals surface area contributed by atoms with Crippen LogP contribution in [0.2, 0.25) is 0 Å². The maximum atomic E-state index is 10.5. The van der Waals surface area contributed by atoms with Crippen LogP contribution >= 0.6 is 0 Å². The molecule has 108 valence electrons. The van der Waals surface area contributed by atoms with E-state index in [0.717, 1.165) is 0 Å². The van der Waals surface area contributed by atoms with E-state index < -0.39 is 44.2 Å². The lowest BCUT2D eigenvalue weighted by Gasteiger charge is -2.15. The predicted octanol–water partition coefficient (Wildman–Crippen LogP) is -0.458. The Balaban J connectivity index is 4.84. The van der Waals surface area contributed by atoms with Crippen LogP contribution in [0.5, 0.6) is 0 Å². The average molecular weight is 282 g/mol. The van der Waals surface area contributed by atoms with Crippen molar-refractivity contribution >= 4 is 0 Å². The molecule has 0 radical (unpaired) electrons. The summed E-state index contributed by atoms with van der Waals surface area (Å²) in [6, 6.07) is 0. The van der Waals surface area contributed by atoms with Gasteiger partial charge in [0.15, 0.2) is 13.2 Å². The molecule has 0 unspecified atom stereocenters. The summed E-state index contributed by atoms with van der Waals surface area (Å²) in [7, 11) is 0. The monoisotopic (exact) mass is 282 g/mol. The van der Waals surface area contributed by atoms with Crippen LogP contribution in [-0.2, 0) is 4.74 Å². The maximum Gasteiger partial charge on any atom is 0.478 e. The first-order chi connectivity index (χ1) is 8.48. The second kappa shape index (κ2) is 5.47. The van der Waals surface area contributed by atoms with Crippen molar-refractivity contribution in [3.05, 3.63) is 40.5 Å². The van der Waals surface area contributed by atoms with E-state index in [1.54, 1.807) is 0 Å². The Bertz CT molecular complexity index is 355. The zero-order valence-corrected chi connectivity index (χ0v) is 9.88. The van der Waals surface area contributed by atoms with Crippen molar-refractivity contribution in [1.29, 1.82) is 0 Å². The molecule has 0 aromatic carbocycles. The molecule has 0 saturated heterocycles. The fourth-order valence-corrected chi connectivity index (χ4v) is 0.782. The average Bonchev–Trinajstić information content (AvgIpc) is 2.27. The number of nitro groups is 4. The van der Waals surface area contributed by atoms with Gasteiger partial charge in [0, 0.05) is 0 Å². The molecule has 0 spiro atoms. The molecule has 0 heterocycles. The summed E-state index contributed by atoms with van der Waals surface area (Å²) in [5.41, 5.74) is -5.46. The van der Waals surface area contributed by atoms with Gasteiger partial charge in [0.05, 0.1) is 13.8 Å². The summed E-state index contributed by atoms with van der Waals surface area (Å²) in [6.45, 7) is -1.01. The highest BCUT2D eigenvalue weighted by Gasteiger charge is 2.55. The smallest absolute Gasteiger partial charge is 0.351 e. The molecular formula is C6H10N4O9. The van der Waals surface area contributed by atoms with Gasteiger partial charge >= 0.3 is 11.3 Å². The molecule has 0 aromatic heterocycles. The molecule has 19 heavy (non-hydrogen) atoms. The summed E-state index contributed by atoms with van der Waals surface area (Å²) in [5, 5.41) is 42.0. The summed E-state index contributed by atoms with van der Waals surface area (Å²) < 4.78 is 4.44. The van der Waals surface area contributed by atoms with Crippen LogP contribution in [0, 0.1) is 40.5 Å². The van der Waals surface area contributed by atoms with E-state index >= 15 is 0 Å². The molecule has 0 amide bonds. The van der Waals surface area contributed by atoms with Gasteiger partial charge in [0.25, 0.3) is 0 Å². The van der Waals surface area contributed by atoms with Gasteiger partial charge in [0.1, 0.15) is 19.7 Å². The van der Waals surface area contributed by atoms with Crippen molar-refractivity contribution in [2.24, 2.45) is 0 Å². The van der Waals surface area contributed by atoms with E-state index in [9.17, 15) is 40.5 Å². The van der Waals surface area contributed by atoms with E-state index in [1.807, 2.05) is 0 Å². The third-order valence-electron chi connectivity index (χ3n) is 2.32. The Kier molecular flexibility index (Phi) is 4.77. The molecule has 0 aliphatic heterocycles. The van der Waals surface area contributed by atoms with Gasteiger partial charge in [-0.1, -0.05) is 0 Å². The Labute approximate surface area is 104 Å². The molecule has 0 atom stereocenters. The Morgan fingerprint density at radius 3 is 1.11 bits per heavy atom. The molecule has 0 saturated carbocycles. The molecule has 13 nitrogen and oxygen atoms in total. The van der Waals surface area contributed by atoms with Crippen LogP contribution in [0.15, 0.2) is 0 Å². The minimum Gasteiger partial charge on any atom is -0.351 e. The molecule has 0 aromatic rings. The van der Waals surface area contributed by atoms with Crippen molar-refractivity contribution in [3.8, 4) is 0 Å². The molecule has 0 aliphatic carbocycles. The lowest BCUT2D eigenvalue weighted by molar-refractivity contribution is -0.804. The van der Waals surface area contributed by atoms with E-state index in [2.05, 4.69) is 4.74 Å². The Hall–Kier alpha value is -2.44. The first-order valence-electron chi connectivity index (χ1n) is 4.64. The minimum atomic E-state index is -2.73. The van der Waals surface area contributed by atoms with E-state index in [4.69, 9.17) is 0 Å². The molecular weight excluding hydrogens is 272 g/mol. The largest absolute Gasteiger partial charge is 0.478 e. The molecule has 0 bridgehead atoms. The molecule has 0 aliphatic rings. The summed E-state index contributed by atoms with van der Waals surface area (Å²) >= 11 is 0. The summed E-state index contributed by atoms with van der Waals surface area (Å²) in [4.78, 5) is 37.0. The first kappa shape index (κ1) is 16.6. The molecule has 0 fully saturated rings. The zero-order chi connectivity index (χ0) is 15.4. The van der Waals surface area contributed by atoms with Crippen LogP contribution in [-0.4, -0.2) is 44.2 Å². The lowest BCUT2D eigenvalue weighted by atomic mass is 10.2. The number of rotatable bonds is 8. The van der Waals surface area contributed by atoms with Crippen LogP contribution in [0.25, 0.3) is 0 Å². The SMILES string of the molecule is CC(COCC(C)([N+](=O)[O-])[N+](=O)[O-])([N+](=O)[O-])[N+](=O)[O-]. The summed E-state index contributed by atoms with van der Waals surface area (Å²) in [5.74, 6) is 0. The van der Waals surface area contributed by atoms with Crippen molar-refractivity contribution in [1.82, 2.24) is 0 Å². The third kappa shape index (κ3) is 3.27. The van der Waals surface area contributed by atoms with E-state index in [-0.39, 0.29) is 0 Å². The predicted molar refractivity (Wildman–Crippen MR) is 55.6 cm³/mol. The molecule has 0 rings (SSSR count). The van der Waals surface area contributed by atoms with Crippen LogP contribution in [0.1, 0.15) is 13.8 Å². The fourth-order valence-electron chi connectivity index (χ4n) is 0.782. The van der Waals surface area contributed by atoms with Crippen LogP contribution < -0.4 is 0 Å². The Morgan fingerprint density at radius 2 is 0.947 bits per heavy atom. The van der Waals surface area contributed by atoms with Crippen molar-refractivity contribution in [3.63, 3.8) is 0 Å². The van der Waals surface area contributed by atoms with Crippen LogP contribution in [0.3, 0.4) is 0 Å². The highest BCUT2D eigenvalue weighted by molar-refractivity contribution is 4.62. The summed E-state index contributed by atoms with van der Waals surface area (Å²) in [6.07, 6.45) is 0. The topological polar surface area (TPSA) is 182 Å². The van der Waals surface area contributed by atoms with Crippen molar-refractivity contribution in [2.45, 2.75) is 25.2 Å². The van der Waals surface area contributed by atoms with Gasteiger partial charge in [-0.3, -0.25) is 40.5 Å². The van der Waals surface area contributed by atoms with Gasteiger partial charge in [-0.2, -0.15) is 0 Å². The number of hydrogen-bond acceptors (Lipinski definition) is 9. The van der Waals surface area contributed by atoms with Gasteiger partial charge in [0.2, 0.25) is 0 Å². The minimum absolute atomic E-state index is 0.628. The molecule has 13 heteroatoms. The number of nitrogens with zero attached hydrogens (tertiary/aromatic N) is 4. The van der Waals surface area contributed by atoms with Crippen molar-refractivity contribution in [2.75, 3.05) is 13.2 Å². The highest BCUT2D eigenvalue weighted by Crippen LogP contribution is 2.15. The molecule has 0 N–H and O–H groups in total. The zero-order valence-electron chi connectivity index (χ0n) is 9.88. The number of ether oxygens (including phenoxy) is 1. The fraction of sp³-hybridized carbons (Fsp3) is 1.00. The Morgan fingerprint density at radius 1 is 0.737 bits per heavy atom. The lowest BCUT2D eigenvalue weighted by Crippen LogP contribution is -2.51. The van der Waals surface area contributed by atoms with Crippen LogP contribution in [0.4, 0.5) is 0 Å². The third-order valence-corrected chi connectivity index (χ3v) is 2.32. The van der Waals surface area contributed by atoms with Gasteiger partial charge in [-0.25, -0.2) is 0 Å².